The lowest BCUT2D eigenvalue weighted by molar-refractivity contribution is 0.0854. The van der Waals surface area contributed by atoms with E-state index in [1.54, 1.807) is 0 Å². The van der Waals surface area contributed by atoms with E-state index in [4.69, 9.17) is 9.82 Å². The maximum atomic E-state index is 5.62. The van der Waals surface area contributed by atoms with Crippen molar-refractivity contribution in [1.29, 1.82) is 0 Å². The van der Waals surface area contributed by atoms with Gasteiger partial charge in [-0.25, -0.2) is 0 Å². The average Bonchev–Trinajstić information content (AvgIpc) is 3.13. The number of hydrogen-bond acceptors (Lipinski definition) is 3. The molecule has 3 aromatic rings. The van der Waals surface area contributed by atoms with Crippen LogP contribution in [0.1, 0.15) is 36.6 Å². The van der Waals surface area contributed by atoms with Crippen LogP contribution in [0.5, 0.6) is 0 Å². The zero-order valence-electron chi connectivity index (χ0n) is 15.6. The van der Waals surface area contributed by atoms with Crippen molar-refractivity contribution in [3.05, 3.63) is 65.5 Å². The Morgan fingerprint density at radius 3 is 2.65 bits per heavy atom. The van der Waals surface area contributed by atoms with Gasteiger partial charge in [0.15, 0.2) is 0 Å². The maximum Gasteiger partial charge on any atom is 0.138 e. The van der Waals surface area contributed by atoms with Crippen molar-refractivity contribution in [2.24, 2.45) is 5.16 Å². The summed E-state index contributed by atoms with van der Waals surface area (Å²) >= 11 is 0. The number of nitrogens with zero attached hydrogens (tertiary/aromatic N) is 2. The van der Waals surface area contributed by atoms with Crippen molar-refractivity contribution >= 4 is 16.5 Å². The first-order chi connectivity index (χ1) is 12.7. The van der Waals surface area contributed by atoms with Crippen molar-refractivity contribution in [2.75, 3.05) is 0 Å². The summed E-state index contributed by atoms with van der Waals surface area (Å²) in [5, 5.41) is 6.74. The molecule has 26 heavy (non-hydrogen) atoms. The van der Waals surface area contributed by atoms with E-state index in [9.17, 15) is 0 Å². The second-order valence-corrected chi connectivity index (χ2v) is 7.06. The Morgan fingerprint density at radius 1 is 1.12 bits per heavy atom. The van der Waals surface area contributed by atoms with Gasteiger partial charge in [-0.1, -0.05) is 48.5 Å². The Hall–Kier alpha value is -2.68. The van der Waals surface area contributed by atoms with Crippen molar-refractivity contribution < 1.29 is 4.84 Å². The lowest BCUT2D eigenvalue weighted by Gasteiger charge is -2.16. The summed E-state index contributed by atoms with van der Waals surface area (Å²) in [6, 6.07) is 15.0. The monoisotopic (exact) mass is 344 g/mol. The molecule has 132 valence electrons. The molecular weight excluding hydrogens is 320 g/mol. The fourth-order valence-corrected chi connectivity index (χ4v) is 3.89. The molecule has 0 fully saturated rings. The fourth-order valence-electron chi connectivity index (χ4n) is 3.89. The largest absolute Gasteiger partial charge is 0.392 e. The molecule has 0 N–H and O–H groups in total. The first kappa shape index (κ1) is 16.8. The van der Waals surface area contributed by atoms with Crippen LogP contribution in [-0.4, -0.2) is 16.8 Å². The number of oxime groups is 1. The number of aromatic nitrogens is 1. The third-order valence-electron chi connectivity index (χ3n) is 5.30. The first-order valence-electron chi connectivity index (χ1n) is 9.32. The molecule has 0 spiro atoms. The Balaban J connectivity index is 1.76. The van der Waals surface area contributed by atoms with Gasteiger partial charge in [0.05, 0.1) is 11.4 Å². The van der Waals surface area contributed by atoms with Gasteiger partial charge < -0.3 is 4.84 Å². The van der Waals surface area contributed by atoms with Gasteiger partial charge in [-0.3, -0.25) is 4.98 Å². The van der Waals surface area contributed by atoms with E-state index in [0.717, 1.165) is 30.7 Å². The number of aryl methyl sites for hydroxylation is 2. The van der Waals surface area contributed by atoms with Crippen molar-refractivity contribution in [3.8, 4) is 11.1 Å². The van der Waals surface area contributed by atoms with Gasteiger partial charge in [0.25, 0.3) is 0 Å². The van der Waals surface area contributed by atoms with Crippen LogP contribution in [0.2, 0.25) is 0 Å². The molecular formula is C23H24N2O. The van der Waals surface area contributed by atoms with Gasteiger partial charge in [0.1, 0.15) is 6.10 Å². The van der Waals surface area contributed by atoms with E-state index in [1.807, 2.05) is 6.20 Å². The SMILES string of the molecule is CCC1=NOC(Cc2nccc3c(C)c(-c4ccccc4)cc(C)c23)C1. The molecule has 1 aliphatic heterocycles. The highest BCUT2D eigenvalue weighted by Crippen LogP contribution is 2.34. The number of fused-ring (bicyclic) bond motifs is 1. The first-order valence-corrected chi connectivity index (χ1v) is 9.32. The van der Waals surface area contributed by atoms with Crippen LogP contribution >= 0.6 is 0 Å². The lowest BCUT2D eigenvalue weighted by Crippen LogP contribution is -2.13. The minimum Gasteiger partial charge on any atom is -0.392 e. The van der Waals surface area contributed by atoms with E-state index in [0.29, 0.717) is 0 Å². The Morgan fingerprint density at radius 2 is 1.92 bits per heavy atom. The van der Waals surface area contributed by atoms with Gasteiger partial charge in [-0.15, -0.1) is 0 Å². The molecule has 2 heterocycles. The second kappa shape index (κ2) is 6.91. The molecule has 0 radical (unpaired) electrons. The molecule has 0 bridgehead atoms. The second-order valence-electron chi connectivity index (χ2n) is 7.06. The summed E-state index contributed by atoms with van der Waals surface area (Å²) in [7, 11) is 0. The number of hydrogen-bond donors (Lipinski definition) is 0. The van der Waals surface area contributed by atoms with E-state index >= 15 is 0 Å². The molecule has 4 rings (SSSR count). The standard InChI is InChI=1S/C23H24N2O/c1-4-18-13-19(26-25-18)14-22-23-15(2)12-21(17-8-6-5-7-9-17)16(3)20(23)10-11-24-22/h5-12,19H,4,13-14H2,1-3H3. The van der Waals surface area contributed by atoms with Crippen LogP contribution in [0, 0.1) is 13.8 Å². The third-order valence-corrected chi connectivity index (χ3v) is 5.30. The zero-order chi connectivity index (χ0) is 18.1. The van der Waals surface area contributed by atoms with Gasteiger partial charge >= 0.3 is 0 Å². The molecule has 0 amide bonds. The van der Waals surface area contributed by atoms with Crippen LogP contribution < -0.4 is 0 Å². The zero-order valence-corrected chi connectivity index (χ0v) is 15.6. The average molecular weight is 344 g/mol. The Labute approximate surface area is 154 Å². The van der Waals surface area contributed by atoms with Crippen molar-refractivity contribution in [3.63, 3.8) is 0 Å². The lowest BCUT2D eigenvalue weighted by atomic mass is 9.90. The van der Waals surface area contributed by atoms with Crippen molar-refractivity contribution in [2.45, 2.75) is 46.1 Å². The number of rotatable bonds is 4. The molecule has 1 unspecified atom stereocenters. The quantitative estimate of drug-likeness (QED) is 0.616. The van der Waals surface area contributed by atoms with Gasteiger partial charge in [0, 0.05) is 24.4 Å². The van der Waals surface area contributed by atoms with E-state index < -0.39 is 0 Å². The molecule has 2 aromatic carbocycles. The molecule has 0 saturated carbocycles. The fraction of sp³-hybridized carbons (Fsp3) is 0.304. The molecule has 1 atom stereocenters. The smallest absolute Gasteiger partial charge is 0.138 e. The Bertz CT molecular complexity index is 976. The van der Waals surface area contributed by atoms with Gasteiger partial charge in [-0.05, 0) is 54.0 Å². The highest BCUT2D eigenvalue weighted by Gasteiger charge is 2.22. The van der Waals surface area contributed by atoms with Crippen LogP contribution in [0.4, 0.5) is 0 Å². The number of benzene rings is 2. The van der Waals surface area contributed by atoms with Crippen LogP contribution in [0.25, 0.3) is 21.9 Å². The third kappa shape index (κ3) is 2.98. The van der Waals surface area contributed by atoms with Crippen LogP contribution in [0.3, 0.4) is 0 Å². The van der Waals surface area contributed by atoms with Gasteiger partial charge in [-0.2, -0.15) is 0 Å². The van der Waals surface area contributed by atoms with Crippen molar-refractivity contribution in [1.82, 2.24) is 4.98 Å². The predicted octanol–water partition coefficient (Wildman–Crippen LogP) is 5.62. The predicted molar refractivity (Wildman–Crippen MR) is 108 cm³/mol. The van der Waals surface area contributed by atoms with Crippen LogP contribution in [0.15, 0.2) is 53.8 Å². The molecule has 1 aliphatic rings. The number of pyridine rings is 1. The summed E-state index contributed by atoms with van der Waals surface area (Å²) < 4.78 is 0. The summed E-state index contributed by atoms with van der Waals surface area (Å²) in [4.78, 5) is 10.3. The maximum absolute atomic E-state index is 5.62. The summed E-state index contributed by atoms with van der Waals surface area (Å²) in [6.07, 6.45) is 4.70. The molecule has 1 aromatic heterocycles. The van der Waals surface area contributed by atoms with Crippen LogP contribution in [-0.2, 0) is 11.3 Å². The molecule has 3 heteroatoms. The minimum absolute atomic E-state index is 0.108. The summed E-state index contributed by atoms with van der Waals surface area (Å²) in [5.41, 5.74) is 7.38. The molecule has 3 nitrogen and oxygen atoms in total. The van der Waals surface area contributed by atoms with E-state index in [2.05, 4.69) is 68.4 Å². The normalized spacial score (nSPS) is 16.6. The summed E-state index contributed by atoms with van der Waals surface area (Å²) in [5.74, 6) is 0. The van der Waals surface area contributed by atoms with E-state index in [1.165, 1.54) is 33.0 Å². The minimum atomic E-state index is 0.108. The highest BCUT2D eigenvalue weighted by molar-refractivity contribution is 5.95. The van der Waals surface area contributed by atoms with E-state index in [-0.39, 0.29) is 6.10 Å². The van der Waals surface area contributed by atoms with Gasteiger partial charge in [0.2, 0.25) is 0 Å². The highest BCUT2D eigenvalue weighted by atomic mass is 16.6. The topological polar surface area (TPSA) is 34.5 Å². The Kier molecular flexibility index (Phi) is 4.46. The molecule has 0 saturated heterocycles. The molecule has 0 aliphatic carbocycles. The summed E-state index contributed by atoms with van der Waals surface area (Å²) in [6.45, 7) is 6.51.